The predicted molar refractivity (Wildman–Crippen MR) is 90.4 cm³/mol. The van der Waals surface area contributed by atoms with E-state index in [1.807, 2.05) is 6.07 Å². The van der Waals surface area contributed by atoms with Gasteiger partial charge >= 0.3 is 0 Å². The minimum absolute atomic E-state index is 0.303. The standard InChI is InChI=1S/C17H25N3O2S/c1-23(21,22)15-5-6-17(18-9-15)20-11-13-8-14(12-20)16-4-2-3-7-19(16)10-13/h5-6,9,13-14,16H,2-4,7-8,10-12H2,1H3/t13-,14-,16+/m1/s1. The van der Waals surface area contributed by atoms with E-state index in [9.17, 15) is 8.42 Å². The molecule has 3 aliphatic heterocycles. The van der Waals surface area contributed by atoms with Crippen LogP contribution in [-0.2, 0) is 9.84 Å². The zero-order valence-electron chi connectivity index (χ0n) is 13.7. The summed E-state index contributed by atoms with van der Waals surface area (Å²) in [5, 5.41) is 0. The third kappa shape index (κ3) is 2.98. The number of nitrogens with zero attached hydrogens (tertiary/aromatic N) is 3. The van der Waals surface area contributed by atoms with Gasteiger partial charge in [-0.1, -0.05) is 6.42 Å². The number of piperidine rings is 3. The number of hydrogen-bond acceptors (Lipinski definition) is 5. The van der Waals surface area contributed by atoms with Gasteiger partial charge in [0, 0.05) is 38.1 Å². The van der Waals surface area contributed by atoms with Crippen molar-refractivity contribution in [3.8, 4) is 0 Å². The molecule has 3 atom stereocenters. The molecule has 6 heteroatoms. The first-order valence-electron chi connectivity index (χ1n) is 8.66. The zero-order chi connectivity index (χ0) is 16.0. The second-order valence-electron chi connectivity index (χ2n) is 7.45. The van der Waals surface area contributed by atoms with E-state index < -0.39 is 9.84 Å². The maximum atomic E-state index is 11.6. The van der Waals surface area contributed by atoms with Gasteiger partial charge in [0.15, 0.2) is 9.84 Å². The molecule has 23 heavy (non-hydrogen) atoms. The Morgan fingerprint density at radius 2 is 2.04 bits per heavy atom. The van der Waals surface area contributed by atoms with Crippen LogP contribution in [0.25, 0.3) is 0 Å². The molecule has 0 aliphatic carbocycles. The summed E-state index contributed by atoms with van der Waals surface area (Å²) >= 11 is 0. The number of pyridine rings is 1. The number of sulfone groups is 1. The molecule has 1 aromatic rings. The topological polar surface area (TPSA) is 53.5 Å². The van der Waals surface area contributed by atoms with Crippen molar-refractivity contribution in [2.75, 3.05) is 37.3 Å². The first-order chi connectivity index (χ1) is 11.0. The van der Waals surface area contributed by atoms with Crippen LogP contribution >= 0.6 is 0 Å². The minimum atomic E-state index is -3.17. The number of rotatable bonds is 2. The normalized spacial score (nSPS) is 31.7. The van der Waals surface area contributed by atoms with Crippen molar-refractivity contribution in [2.24, 2.45) is 11.8 Å². The quantitative estimate of drug-likeness (QED) is 0.825. The lowest BCUT2D eigenvalue weighted by atomic mass is 9.76. The molecule has 0 radical (unpaired) electrons. The van der Waals surface area contributed by atoms with Gasteiger partial charge in [0.25, 0.3) is 0 Å². The number of anilines is 1. The molecule has 0 amide bonds. The fourth-order valence-electron chi connectivity index (χ4n) is 4.73. The molecule has 0 N–H and O–H groups in total. The number of fused-ring (bicyclic) bond motifs is 4. The van der Waals surface area contributed by atoms with Gasteiger partial charge in [0.2, 0.25) is 0 Å². The van der Waals surface area contributed by atoms with Gasteiger partial charge in [0.1, 0.15) is 5.82 Å². The third-order valence-electron chi connectivity index (χ3n) is 5.74. The highest BCUT2D eigenvalue weighted by Gasteiger charge is 2.41. The molecule has 4 rings (SSSR count). The van der Waals surface area contributed by atoms with E-state index in [1.165, 1.54) is 51.2 Å². The third-order valence-corrected chi connectivity index (χ3v) is 6.84. The lowest BCUT2D eigenvalue weighted by Gasteiger charge is -2.52. The van der Waals surface area contributed by atoms with E-state index in [1.54, 1.807) is 6.07 Å². The van der Waals surface area contributed by atoms with Gasteiger partial charge in [-0.15, -0.1) is 0 Å². The highest BCUT2D eigenvalue weighted by Crippen LogP contribution is 2.38. The molecule has 0 spiro atoms. The molecule has 1 aromatic heterocycles. The van der Waals surface area contributed by atoms with Gasteiger partial charge in [-0.05, 0) is 49.8 Å². The van der Waals surface area contributed by atoms with Crippen LogP contribution in [0.1, 0.15) is 25.7 Å². The highest BCUT2D eigenvalue weighted by molar-refractivity contribution is 7.90. The van der Waals surface area contributed by atoms with Crippen LogP contribution < -0.4 is 4.90 Å². The van der Waals surface area contributed by atoms with E-state index in [0.717, 1.165) is 36.8 Å². The smallest absolute Gasteiger partial charge is 0.177 e. The molecule has 0 aromatic carbocycles. The summed E-state index contributed by atoms with van der Waals surface area (Å²) in [7, 11) is -3.17. The van der Waals surface area contributed by atoms with Crippen molar-refractivity contribution < 1.29 is 8.42 Å². The van der Waals surface area contributed by atoms with Crippen molar-refractivity contribution in [2.45, 2.75) is 36.6 Å². The molecule has 4 heterocycles. The average Bonchev–Trinajstić information content (AvgIpc) is 2.54. The summed E-state index contributed by atoms with van der Waals surface area (Å²) in [6, 6.07) is 4.31. The molecular formula is C17H25N3O2S. The van der Waals surface area contributed by atoms with Gasteiger partial charge in [-0.2, -0.15) is 0 Å². The van der Waals surface area contributed by atoms with E-state index in [2.05, 4.69) is 14.8 Å². The van der Waals surface area contributed by atoms with Crippen LogP contribution in [0.3, 0.4) is 0 Å². The predicted octanol–water partition coefficient (Wildman–Crippen LogP) is 1.80. The van der Waals surface area contributed by atoms with E-state index in [4.69, 9.17) is 0 Å². The van der Waals surface area contributed by atoms with Gasteiger partial charge < -0.3 is 4.90 Å². The van der Waals surface area contributed by atoms with E-state index in [-0.39, 0.29) is 0 Å². The van der Waals surface area contributed by atoms with Crippen LogP contribution in [-0.4, -0.2) is 56.8 Å². The van der Waals surface area contributed by atoms with Gasteiger partial charge in [0.05, 0.1) is 4.90 Å². The van der Waals surface area contributed by atoms with Crippen LogP contribution in [0.2, 0.25) is 0 Å². The Kier molecular flexibility index (Phi) is 3.84. The van der Waals surface area contributed by atoms with Crippen molar-refractivity contribution in [3.63, 3.8) is 0 Å². The maximum absolute atomic E-state index is 11.6. The zero-order valence-corrected chi connectivity index (χ0v) is 14.5. The fourth-order valence-corrected chi connectivity index (χ4v) is 5.29. The summed E-state index contributed by atoms with van der Waals surface area (Å²) in [5.41, 5.74) is 0. The molecule has 3 fully saturated rings. The monoisotopic (exact) mass is 335 g/mol. The number of aromatic nitrogens is 1. The van der Waals surface area contributed by atoms with Crippen molar-refractivity contribution in [3.05, 3.63) is 18.3 Å². The molecule has 2 bridgehead atoms. The Balaban J connectivity index is 1.53. The largest absolute Gasteiger partial charge is 0.356 e. The maximum Gasteiger partial charge on any atom is 0.177 e. The van der Waals surface area contributed by atoms with Crippen molar-refractivity contribution in [1.29, 1.82) is 0 Å². The summed E-state index contributed by atoms with van der Waals surface area (Å²) in [4.78, 5) is 9.83. The lowest BCUT2D eigenvalue weighted by molar-refractivity contribution is 0.0184. The van der Waals surface area contributed by atoms with E-state index in [0.29, 0.717) is 4.90 Å². The Bertz CT molecular complexity index is 674. The first kappa shape index (κ1) is 15.4. The molecule has 0 unspecified atom stereocenters. The summed E-state index contributed by atoms with van der Waals surface area (Å²) < 4.78 is 23.2. The molecular weight excluding hydrogens is 310 g/mol. The van der Waals surface area contributed by atoms with Crippen LogP contribution in [0.4, 0.5) is 5.82 Å². The second-order valence-corrected chi connectivity index (χ2v) is 9.46. The van der Waals surface area contributed by atoms with Gasteiger partial charge in [-0.25, -0.2) is 13.4 Å². The summed E-state index contributed by atoms with van der Waals surface area (Å²) in [6.07, 6.45) is 8.14. The Morgan fingerprint density at radius 1 is 1.17 bits per heavy atom. The Hall–Kier alpha value is -1.14. The molecule has 0 saturated carbocycles. The lowest BCUT2D eigenvalue weighted by Crippen LogP contribution is -2.59. The average molecular weight is 335 g/mol. The highest BCUT2D eigenvalue weighted by atomic mass is 32.2. The van der Waals surface area contributed by atoms with Crippen molar-refractivity contribution >= 4 is 15.7 Å². The van der Waals surface area contributed by atoms with Crippen molar-refractivity contribution in [1.82, 2.24) is 9.88 Å². The van der Waals surface area contributed by atoms with Gasteiger partial charge in [-0.3, -0.25) is 4.90 Å². The second kappa shape index (κ2) is 5.74. The van der Waals surface area contributed by atoms with Crippen LogP contribution in [0.5, 0.6) is 0 Å². The molecule has 3 aliphatic rings. The Morgan fingerprint density at radius 3 is 2.78 bits per heavy atom. The molecule has 5 nitrogen and oxygen atoms in total. The molecule has 3 saturated heterocycles. The van der Waals surface area contributed by atoms with Crippen LogP contribution in [0.15, 0.2) is 23.2 Å². The molecule has 126 valence electrons. The summed E-state index contributed by atoms with van der Waals surface area (Å²) in [5.74, 6) is 2.38. The minimum Gasteiger partial charge on any atom is -0.356 e. The van der Waals surface area contributed by atoms with Crippen LogP contribution in [0, 0.1) is 11.8 Å². The Labute approximate surface area is 138 Å². The fraction of sp³-hybridized carbons (Fsp3) is 0.706. The van der Waals surface area contributed by atoms with E-state index >= 15 is 0 Å². The SMILES string of the molecule is CS(=O)(=O)c1ccc(N2C[C@@H]3C[C@H](C2)[C@@H]2CCCCN2C3)nc1. The summed E-state index contributed by atoms with van der Waals surface area (Å²) in [6.45, 7) is 4.60. The first-order valence-corrected chi connectivity index (χ1v) is 10.5. The number of hydrogen-bond donors (Lipinski definition) is 0.